The molecule has 0 saturated carbocycles. The van der Waals surface area contributed by atoms with Crippen molar-refractivity contribution in [3.63, 3.8) is 0 Å². The highest BCUT2D eigenvalue weighted by Gasteiger charge is 2.49. The van der Waals surface area contributed by atoms with Crippen molar-refractivity contribution in [2.45, 2.75) is 33.0 Å². The summed E-state index contributed by atoms with van der Waals surface area (Å²) in [6, 6.07) is -2.33. The molecule has 0 amide bonds. The van der Waals surface area contributed by atoms with Gasteiger partial charge in [-0.15, -0.1) is 0 Å². The maximum absolute atomic E-state index is 12.2. The number of hydrogen-bond donors (Lipinski definition) is 2. The first-order valence-corrected chi connectivity index (χ1v) is 4.03. The number of aliphatic carboxylic acids is 1. The molecule has 0 fully saturated rings. The number of alkyl halides is 3. The van der Waals surface area contributed by atoms with Gasteiger partial charge in [-0.25, -0.2) is 0 Å². The van der Waals surface area contributed by atoms with Gasteiger partial charge >= 0.3 is 12.1 Å². The van der Waals surface area contributed by atoms with Crippen molar-refractivity contribution in [2.24, 2.45) is 17.1 Å². The Hall–Kier alpha value is -0.780. The van der Waals surface area contributed by atoms with E-state index in [4.69, 9.17) is 10.8 Å². The Morgan fingerprint density at radius 2 is 1.64 bits per heavy atom. The Bertz CT molecular complexity index is 220. The van der Waals surface area contributed by atoms with Gasteiger partial charge in [0.05, 0.1) is 5.92 Å². The van der Waals surface area contributed by atoms with E-state index in [1.165, 1.54) is 20.8 Å². The van der Waals surface area contributed by atoms with E-state index in [-0.39, 0.29) is 0 Å². The molecule has 0 spiro atoms. The van der Waals surface area contributed by atoms with E-state index in [0.717, 1.165) is 0 Å². The molecule has 0 bridgehead atoms. The fourth-order valence-corrected chi connectivity index (χ4v) is 1.25. The third-order valence-electron chi connectivity index (χ3n) is 1.94. The van der Waals surface area contributed by atoms with E-state index in [2.05, 4.69) is 0 Å². The summed E-state index contributed by atoms with van der Waals surface area (Å²) in [7, 11) is 0. The second kappa shape index (κ2) is 3.76. The van der Waals surface area contributed by atoms with Crippen LogP contribution < -0.4 is 5.73 Å². The highest BCUT2D eigenvalue weighted by atomic mass is 19.4. The van der Waals surface area contributed by atoms with Crippen molar-refractivity contribution >= 4 is 5.97 Å². The van der Waals surface area contributed by atoms with Crippen LogP contribution in [0.1, 0.15) is 20.8 Å². The van der Waals surface area contributed by atoms with Crippen LogP contribution in [-0.2, 0) is 4.79 Å². The van der Waals surface area contributed by atoms with Crippen LogP contribution in [0.25, 0.3) is 0 Å². The largest absolute Gasteiger partial charge is 0.481 e. The summed E-state index contributed by atoms with van der Waals surface area (Å²) in [6.07, 6.45) is -4.68. The molecule has 0 radical (unpaired) electrons. The van der Waals surface area contributed by atoms with Crippen LogP contribution in [0.5, 0.6) is 0 Å². The van der Waals surface area contributed by atoms with E-state index in [1.807, 2.05) is 0 Å². The standard InChI is InChI=1S/C8H14F3NO2/c1-7(2,3)4(6(13)14)5(12)8(9,10)11/h4-5H,12H2,1-3H3,(H,13,14). The molecule has 0 aliphatic rings. The highest BCUT2D eigenvalue weighted by Crippen LogP contribution is 2.35. The van der Waals surface area contributed by atoms with Crippen LogP contribution >= 0.6 is 0 Å². The Kier molecular flexibility index (Phi) is 3.55. The van der Waals surface area contributed by atoms with Gasteiger partial charge in [-0.2, -0.15) is 13.2 Å². The van der Waals surface area contributed by atoms with Gasteiger partial charge in [0.15, 0.2) is 0 Å². The molecule has 0 aliphatic heterocycles. The van der Waals surface area contributed by atoms with Crippen molar-refractivity contribution in [1.29, 1.82) is 0 Å². The quantitative estimate of drug-likeness (QED) is 0.732. The molecule has 6 heteroatoms. The fraction of sp³-hybridized carbons (Fsp3) is 0.875. The molecule has 0 saturated heterocycles. The van der Waals surface area contributed by atoms with E-state index in [9.17, 15) is 18.0 Å². The number of halogens is 3. The first-order valence-electron chi connectivity index (χ1n) is 4.03. The van der Waals surface area contributed by atoms with Gasteiger partial charge in [0.25, 0.3) is 0 Å². The van der Waals surface area contributed by atoms with Crippen LogP contribution in [0, 0.1) is 11.3 Å². The third kappa shape index (κ3) is 3.17. The number of carbonyl (C=O) groups is 1. The van der Waals surface area contributed by atoms with Crippen LogP contribution in [0.3, 0.4) is 0 Å². The van der Waals surface area contributed by atoms with Gasteiger partial charge in [-0.3, -0.25) is 4.79 Å². The van der Waals surface area contributed by atoms with Crippen LogP contribution in [0.2, 0.25) is 0 Å². The van der Waals surface area contributed by atoms with E-state index in [1.54, 1.807) is 0 Å². The molecular formula is C8H14F3NO2. The monoisotopic (exact) mass is 213 g/mol. The molecule has 0 rings (SSSR count). The SMILES string of the molecule is CC(C)(C)C(C(=O)O)C(N)C(F)(F)F. The minimum Gasteiger partial charge on any atom is -0.481 e. The van der Waals surface area contributed by atoms with Crippen molar-refractivity contribution in [2.75, 3.05) is 0 Å². The second-order valence-corrected chi connectivity index (χ2v) is 4.25. The average Bonchev–Trinajstić information content (AvgIpc) is 1.79. The lowest BCUT2D eigenvalue weighted by molar-refractivity contribution is -0.181. The van der Waals surface area contributed by atoms with Gasteiger partial charge in [0.2, 0.25) is 0 Å². The summed E-state index contributed by atoms with van der Waals surface area (Å²) in [5.74, 6) is -3.16. The van der Waals surface area contributed by atoms with Crippen LogP contribution in [-0.4, -0.2) is 23.3 Å². The molecule has 0 heterocycles. The van der Waals surface area contributed by atoms with Gasteiger partial charge in [-0.1, -0.05) is 20.8 Å². The maximum Gasteiger partial charge on any atom is 0.404 e. The summed E-state index contributed by atoms with van der Waals surface area (Å²) in [6.45, 7) is 4.24. The predicted octanol–water partition coefficient (Wildman–Crippen LogP) is 1.62. The van der Waals surface area contributed by atoms with E-state index < -0.39 is 29.5 Å². The first kappa shape index (κ1) is 13.2. The highest BCUT2D eigenvalue weighted by molar-refractivity contribution is 5.72. The number of hydrogen-bond acceptors (Lipinski definition) is 2. The van der Waals surface area contributed by atoms with Crippen LogP contribution in [0.4, 0.5) is 13.2 Å². The lowest BCUT2D eigenvalue weighted by Crippen LogP contribution is -2.51. The fourth-order valence-electron chi connectivity index (χ4n) is 1.25. The summed E-state index contributed by atoms with van der Waals surface area (Å²) in [5.41, 5.74) is 3.85. The molecule has 0 aromatic rings. The molecule has 3 N–H and O–H groups in total. The minimum atomic E-state index is -4.68. The molecule has 0 aliphatic carbocycles. The molecular weight excluding hydrogens is 199 g/mol. The zero-order valence-corrected chi connectivity index (χ0v) is 8.22. The van der Waals surface area contributed by atoms with Gasteiger partial charge in [0.1, 0.15) is 6.04 Å². The van der Waals surface area contributed by atoms with Crippen LogP contribution in [0.15, 0.2) is 0 Å². The Balaban J connectivity index is 4.96. The number of nitrogens with two attached hydrogens (primary N) is 1. The van der Waals surface area contributed by atoms with E-state index in [0.29, 0.717) is 0 Å². The molecule has 0 aromatic heterocycles. The summed E-state index contributed by atoms with van der Waals surface area (Å²) >= 11 is 0. The van der Waals surface area contributed by atoms with Gasteiger partial charge < -0.3 is 10.8 Å². The Morgan fingerprint density at radius 1 is 1.29 bits per heavy atom. The predicted molar refractivity (Wildman–Crippen MR) is 44.6 cm³/mol. The third-order valence-corrected chi connectivity index (χ3v) is 1.94. The number of carboxylic acid groups (broad SMARTS) is 1. The van der Waals surface area contributed by atoms with Gasteiger partial charge in [0, 0.05) is 0 Å². The summed E-state index contributed by atoms with van der Waals surface area (Å²) < 4.78 is 36.6. The molecule has 2 atom stereocenters. The number of rotatable bonds is 2. The van der Waals surface area contributed by atoms with Gasteiger partial charge in [-0.05, 0) is 5.41 Å². The van der Waals surface area contributed by atoms with E-state index >= 15 is 0 Å². The molecule has 84 valence electrons. The maximum atomic E-state index is 12.2. The van der Waals surface area contributed by atoms with Crippen molar-refractivity contribution < 1.29 is 23.1 Å². The molecule has 3 nitrogen and oxygen atoms in total. The molecule has 0 aromatic carbocycles. The molecule has 14 heavy (non-hydrogen) atoms. The van der Waals surface area contributed by atoms with Crippen molar-refractivity contribution in [3.05, 3.63) is 0 Å². The Morgan fingerprint density at radius 3 is 1.71 bits per heavy atom. The summed E-state index contributed by atoms with van der Waals surface area (Å²) in [5, 5.41) is 8.66. The topological polar surface area (TPSA) is 63.3 Å². The summed E-state index contributed by atoms with van der Waals surface area (Å²) in [4.78, 5) is 10.7. The smallest absolute Gasteiger partial charge is 0.404 e. The molecule has 2 unspecified atom stereocenters. The normalized spacial score (nSPS) is 17.6. The zero-order chi connectivity index (χ0) is 11.7. The lowest BCUT2D eigenvalue weighted by atomic mass is 9.76. The van der Waals surface area contributed by atoms with Crippen molar-refractivity contribution in [3.8, 4) is 0 Å². The second-order valence-electron chi connectivity index (χ2n) is 4.25. The zero-order valence-electron chi connectivity index (χ0n) is 8.22. The Labute approximate surface area is 80.1 Å². The van der Waals surface area contributed by atoms with Crippen molar-refractivity contribution in [1.82, 2.24) is 0 Å². The minimum absolute atomic E-state index is 1.03. The number of carboxylic acids is 1. The first-order chi connectivity index (χ1) is 5.98. The lowest BCUT2D eigenvalue weighted by Gasteiger charge is -2.32. The average molecular weight is 213 g/mol.